The molecule has 0 saturated carbocycles. The molecule has 4 heteroatoms. The molecule has 0 aliphatic heterocycles. The van der Waals surface area contributed by atoms with Gasteiger partial charge in [0.05, 0.1) is 13.2 Å². The highest BCUT2D eigenvalue weighted by Crippen LogP contribution is 2.09. The molecule has 0 unspecified atom stereocenters. The molecular formula is C9H14N2O2. The normalized spacial score (nSPS) is 10.0. The van der Waals surface area contributed by atoms with Crippen molar-refractivity contribution < 1.29 is 9.84 Å². The largest absolute Gasteiger partial charge is 0.392 e. The summed E-state index contributed by atoms with van der Waals surface area (Å²) < 4.78 is 4.88. The number of ether oxygens (including phenoxy) is 1. The summed E-state index contributed by atoms with van der Waals surface area (Å²) in [4.78, 5) is 4.09. The number of hydrogen-bond donors (Lipinski definition) is 2. The van der Waals surface area contributed by atoms with Crippen LogP contribution in [0.4, 0.5) is 5.82 Å². The number of aliphatic hydroxyl groups is 1. The van der Waals surface area contributed by atoms with E-state index in [2.05, 4.69) is 10.3 Å². The summed E-state index contributed by atoms with van der Waals surface area (Å²) in [7, 11) is 1.65. The molecule has 0 bridgehead atoms. The molecule has 0 fully saturated rings. The molecule has 0 radical (unpaired) electrons. The Hall–Kier alpha value is -1.13. The van der Waals surface area contributed by atoms with Gasteiger partial charge in [0.2, 0.25) is 0 Å². The highest BCUT2D eigenvalue weighted by Gasteiger charge is 1.99. The van der Waals surface area contributed by atoms with Crippen molar-refractivity contribution in [3.05, 3.63) is 23.9 Å². The van der Waals surface area contributed by atoms with Crippen LogP contribution in [0, 0.1) is 0 Å². The zero-order chi connectivity index (χ0) is 9.52. The van der Waals surface area contributed by atoms with Crippen LogP contribution in [-0.2, 0) is 11.3 Å². The minimum atomic E-state index is 0.00313. The van der Waals surface area contributed by atoms with Gasteiger partial charge in [0, 0.05) is 25.4 Å². The van der Waals surface area contributed by atoms with E-state index in [1.807, 2.05) is 6.07 Å². The zero-order valence-electron chi connectivity index (χ0n) is 7.66. The van der Waals surface area contributed by atoms with Gasteiger partial charge in [-0.3, -0.25) is 0 Å². The fraction of sp³-hybridized carbons (Fsp3) is 0.444. The van der Waals surface area contributed by atoms with Crippen molar-refractivity contribution in [3.8, 4) is 0 Å². The molecule has 72 valence electrons. The maximum Gasteiger partial charge on any atom is 0.131 e. The molecule has 13 heavy (non-hydrogen) atoms. The lowest BCUT2D eigenvalue weighted by Gasteiger charge is -2.07. The minimum Gasteiger partial charge on any atom is -0.392 e. The van der Waals surface area contributed by atoms with Gasteiger partial charge in [-0.05, 0) is 6.07 Å². The smallest absolute Gasteiger partial charge is 0.131 e. The van der Waals surface area contributed by atoms with E-state index >= 15 is 0 Å². The maximum absolute atomic E-state index is 8.96. The highest BCUT2D eigenvalue weighted by molar-refractivity contribution is 5.42. The Balaban J connectivity index is 2.54. The fourth-order valence-corrected chi connectivity index (χ4v) is 0.997. The standard InChI is InChI=1S/C9H14N2O2/c1-13-6-5-11-9-8(7-12)3-2-4-10-9/h2-4,12H,5-7H2,1H3,(H,10,11). The Labute approximate surface area is 77.6 Å². The number of anilines is 1. The molecule has 4 nitrogen and oxygen atoms in total. The van der Waals surface area contributed by atoms with Gasteiger partial charge in [-0.15, -0.1) is 0 Å². The molecular weight excluding hydrogens is 168 g/mol. The van der Waals surface area contributed by atoms with E-state index < -0.39 is 0 Å². The molecule has 1 aromatic rings. The Bertz CT molecular complexity index is 253. The van der Waals surface area contributed by atoms with E-state index in [9.17, 15) is 0 Å². The Morgan fingerprint density at radius 1 is 1.62 bits per heavy atom. The van der Waals surface area contributed by atoms with Gasteiger partial charge in [0.1, 0.15) is 5.82 Å². The van der Waals surface area contributed by atoms with E-state index in [1.165, 1.54) is 0 Å². The average Bonchev–Trinajstić information content (AvgIpc) is 2.19. The third-order valence-electron chi connectivity index (χ3n) is 1.66. The Morgan fingerprint density at radius 3 is 3.15 bits per heavy atom. The van der Waals surface area contributed by atoms with Crippen LogP contribution in [0.5, 0.6) is 0 Å². The first-order valence-electron chi connectivity index (χ1n) is 4.16. The first-order valence-corrected chi connectivity index (χ1v) is 4.16. The number of hydrogen-bond acceptors (Lipinski definition) is 4. The van der Waals surface area contributed by atoms with Crippen molar-refractivity contribution >= 4 is 5.82 Å². The number of nitrogens with one attached hydrogen (secondary N) is 1. The van der Waals surface area contributed by atoms with Crippen LogP contribution >= 0.6 is 0 Å². The summed E-state index contributed by atoms with van der Waals surface area (Å²) in [5.41, 5.74) is 0.804. The van der Waals surface area contributed by atoms with Gasteiger partial charge >= 0.3 is 0 Å². The lowest BCUT2D eigenvalue weighted by atomic mass is 10.3. The third-order valence-corrected chi connectivity index (χ3v) is 1.66. The fourth-order valence-electron chi connectivity index (χ4n) is 0.997. The number of aliphatic hydroxyl groups excluding tert-OH is 1. The summed E-state index contributed by atoms with van der Waals surface area (Å²) in [5.74, 6) is 0.724. The Kier molecular flexibility index (Phi) is 4.21. The zero-order valence-corrected chi connectivity index (χ0v) is 7.66. The number of rotatable bonds is 5. The minimum absolute atomic E-state index is 0.00313. The number of pyridine rings is 1. The third kappa shape index (κ3) is 3.01. The van der Waals surface area contributed by atoms with E-state index in [-0.39, 0.29) is 6.61 Å². The quantitative estimate of drug-likeness (QED) is 0.656. The van der Waals surface area contributed by atoms with Crippen LogP contribution in [0.15, 0.2) is 18.3 Å². The SMILES string of the molecule is COCCNc1ncccc1CO. The number of aromatic nitrogens is 1. The van der Waals surface area contributed by atoms with E-state index in [0.29, 0.717) is 13.2 Å². The molecule has 0 aliphatic carbocycles. The molecule has 2 N–H and O–H groups in total. The summed E-state index contributed by atoms with van der Waals surface area (Å²) in [6, 6.07) is 3.63. The monoisotopic (exact) mass is 182 g/mol. The van der Waals surface area contributed by atoms with Crippen LogP contribution in [0.25, 0.3) is 0 Å². The lowest BCUT2D eigenvalue weighted by Crippen LogP contribution is -2.10. The molecule has 0 atom stereocenters. The summed E-state index contributed by atoms with van der Waals surface area (Å²) in [6.45, 7) is 1.32. The molecule has 0 aliphatic rings. The number of nitrogens with zero attached hydrogens (tertiary/aromatic N) is 1. The molecule has 1 aromatic heterocycles. The van der Waals surface area contributed by atoms with Gasteiger partial charge in [-0.1, -0.05) is 6.07 Å². The second kappa shape index (κ2) is 5.50. The van der Waals surface area contributed by atoms with Crippen molar-refractivity contribution in [2.24, 2.45) is 0 Å². The van der Waals surface area contributed by atoms with Crippen molar-refractivity contribution in [3.63, 3.8) is 0 Å². The summed E-state index contributed by atoms with van der Waals surface area (Å²) in [6.07, 6.45) is 1.69. The van der Waals surface area contributed by atoms with Crippen molar-refractivity contribution in [1.29, 1.82) is 0 Å². The van der Waals surface area contributed by atoms with Crippen LogP contribution in [-0.4, -0.2) is 30.4 Å². The predicted molar refractivity (Wildman–Crippen MR) is 50.5 cm³/mol. The maximum atomic E-state index is 8.96. The van der Waals surface area contributed by atoms with Crippen molar-refractivity contribution in [2.45, 2.75) is 6.61 Å². The molecule has 1 rings (SSSR count). The second-order valence-electron chi connectivity index (χ2n) is 2.59. The van der Waals surface area contributed by atoms with Gasteiger partial charge in [-0.25, -0.2) is 4.98 Å². The highest BCUT2D eigenvalue weighted by atomic mass is 16.5. The van der Waals surface area contributed by atoms with Gasteiger partial charge in [-0.2, -0.15) is 0 Å². The Morgan fingerprint density at radius 2 is 2.46 bits per heavy atom. The molecule has 0 saturated heterocycles. The van der Waals surface area contributed by atoms with Crippen LogP contribution in [0.3, 0.4) is 0 Å². The van der Waals surface area contributed by atoms with Gasteiger partial charge in [0.15, 0.2) is 0 Å². The summed E-state index contributed by atoms with van der Waals surface area (Å²) >= 11 is 0. The van der Waals surface area contributed by atoms with Crippen LogP contribution in [0.1, 0.15) is 5.56 Å². The predicted octanol–water partition coefficient (Wildman–Crippen LogP) is 0.632. The molecule has 0 spiro atoms. The van der Waals surface area contributed by atoms with Crippen molar-refractivity contribution in [1.82, 2.24) is 4.98 Å². The van der Waals surface area contributed by atoms with Gasteiger partial charge < -0.3 is 15.2 Å². The molecule has 0 amide bonds. The van der Waals surface area contributed by atoms with E-state index in [4.69, 9.17) is 9.84 Å². The van der Waals surface area contributed by atoms with Crippen LogP contribution in [0.2, 0.25) is 0 Å². The molecule has 1 heterocycles. The molecule has 0 aromatic carbocycles. The lowest BCUT2D eigenvalue weighted by molar-refractivity contribution is 0.210. The van der Waals surface area contributed by atoms with E-state index in [0.717, 1.165) is 11.4 Å². The van der Waals surface area contributed by atoms with E-state index in [1.54, 1.807) is 19.4 Å². The van der Waals surface area contributed by atoms with Crippen molar-refractivity contribution in [2.75, 3.05) is 25.6 Å². The number of methoxy groups -OCH3 is 1. The topological polar surface area (TPSA) is 54.4 Å². The first kappa shape index (κ1) is 9.95. The van der Waals surface area contributed by atoms with Crippen LogP contribution < -0.4 is 5.32 Å². The average molecular weight is 182 g/mol. The second-order valence-corrected chi connectivity index (χ2v) is 2.59. The first-order chi connectivity index (χ1) is 6.38. The van der Waals surface area contributed by atoms with Gasteiger partial charge in [0.25, 0.3) is 0 Å². The summed E-state index contributed by atoms with van der Waals surface area (Å²) in [5, 5.41) is 12.0.